The van der Waals surface area contributed by atoms with E-state index in [0.29, 0.717) is 26.4 Å². The van der Waals surface area contributed by atoms with Gasteiger partial charge in [0.25, 0.3) is 0 Å². The van der Waals surface area contributed by atoms with Crippen molar-refractivity contribution in [3.8, 4) is 5.75 Å². The number of hydrogen-bond donors (Lipinski definition) is 1. The highest BCUT2D eigenvalue weighted by molar-refractivity contribution is 5.99. The fourth-order valence-corrected chi connectivity index (χ4v) is 2.31. The van der Waals surface area contributed by atoms with Crippen LogP contribution >= 0.6 is 0 Å². The van der Waals surface area contributed by atoms with Crippen LogP contribution in [-0.2, 0) is 9.53 Å². The number of morpholine rings is 1. The van der Waals surface area contributed by atoms with Crippen LogP contribution in [0.3, 0.4) is 0 Å². The Balaban J connectivity index is 1.82. The maximum Gasteiger partial charge on any atom is 0.246 e. The quantitative estimate of drug-likeness (QED) is 0.781. The molecule has 0 radical (unpaired) electrons. The number of amides is 1. The Morgan fingerprint density at radius 1 is 1.33 bits per heavy atom. The molecule has 1 amide bonds. The molecular weight excluding hydrogens is 232 g/mol. The molecule has 0 saturated carbocycles. The number of ether oxygens (including phenoxy) is 2. The molecule has 2 heterocycles. The van der Waals surface area contributed by atoms with Gasteiger partial charge in [0.2, 0.25) is 5.91 Å². The van der Waals surface area contributed by atoms with Crippen molar-refractivity contribution in [1.82, 2.24) is 5.32 Å². The lowest BCUT2D eigenvalue weighted by molar-refractivity contribution is -0.123. The number of nitrogens with one attached hydrogen (secondary N) is 1. The molecule has 0 aliphatic carbocycles. The first kappa shape index (κ1) is 11.5. The second-order valence-electron chi connectivity index (χ2n) is 4.39. The van der Waals surface area contributed by atoms with Crippen molar-refractivity contribution in [3.05, 3.63) is 24.3 Å². The van der Waals surface area contributed by atoms with Crippen molar-refractivity contribution >= 4 is 11.6 Å². The highest BCUT2D eigenvalue weighted by atomic mass is 16.5. The molecule has 1 N–H and O–H groups in total. The second-order valence-corrected chi connectivity index (χ2v) is 4.39. The first-order chi connectivity index (χ1) is 8.86. The summed E-state index contributed by atoms with van der Waals surface area (Å²) in [5.74, 6) is 0.833. The van der Waals surface area contributed by atoms with E-state index < -0.39 is 0 Å². The van der Waals surface area contributed by atoms with Gasteiger partial charge in [-0.1, -0.05) is 12.1 Å². The van der Waals surface area contributed by atoms with Crippen LogP contribution in [0.2, 0.25) is 0 Å². The van der Waals surface area contributed by atoms with Crippen molar-refractivity contribution in [2.75, 3.05) is 37.8 Å². The van der Waals surface area contributed by atoms with E-state index in [2.05, 4.69) is 5.32 Å². The summed E-state index contributed by atoms with van der Waals surface area (Å²) in [5.41, 5.74) is 0.848. The lowest BCUT2D eigenvalue weighted by Gasteiger charge is -2.33. The van der Waals surface area contributed by atoms with Gasteiger partial charge < -0.3 is 19.7 Å². The number of nitrogens with zero attached hydrogens (tertiary/aromatic N) is 1. The van der Waals surface area contributed by atoms with E-state index in [1.165, 1.54) is 0 Å². The molecule has 5 nitrogen and oxygen atoms in total. The fraction of sp³-hybridized carbons (Fsp3) is 0.462. The number of carbonyl (C=O) groups excluding carboxylic acids is 1. The van der Waals surface area contributed by atoms with Gasteiger partial charge in [-0.3, -0.25) is 4.79 Å². The molecule has 3 rings (SSSR count). The third-order valence-corrected chi connectivity index (χ3v) is 3.21. The zero-order chi connectivity index (χ0) is 12.4. The first-order valence-corrected chi connectivity index (χ1v) is 6.20. The van der Waals surface area contributed by atoms with Crippen LogP contribution in [-0.4, -0.2) is 44.9 Å². The van der Waals surface area contributed by atoms with Crippen molar-refractivity contribution in [2.45, 2.75) is 6.04 Å². The average Bonchev–Trinajstić information content (AvgIpc) is 2.47. The zero-order valence-electron chi connectivity index (χ0n) is 10.1. The van der Waals surface area contributed by atoms with E-state index in [1.807, 2.05) is 24.3 Å². The molecule has 96 valence electrons. The molecule has 1 unspecified atom stereocenters. The minimum atomic E-state index is -0.245. The van der Waals surface area contributed by atoms with Crippen LogP contribution in [0.25, 0.3) is 0 Å². The average molecular weight is 248 g/mol. The Morgan fingerprint density at radius 2 is 2.22 bits per heavy atom. The van der Waals surface area contributed by atoms with Gasteiger partial charge in [0.15, 0.2) is 0 Å². The highest BCUT2D eigenvalue weighted by Crippen LogP contribution is 2.31. The molecule has 2 aliphatic heterocycles. The minimum Gasteiger partial charge on any atom is -0.490 e. The summed E-state index contributed by atoms with van der Waals surface area (Å²) in [6.45, 7) is 2.97. The largest absolute Gasteiger partial charge is 0.490 e. The Hall–Kier alpha value is -1.59. The summed E-state index contributed by atoms with van der Waals surface area (Å²) in [6, 6.07) is 7.38. The Kier molecular flexibility index (Phi) is 3.17. The molecule has 1 fully saturated rings. The summed E-state index contributed by atoms with van der Waals surface area (Å²) < 4.78 is 10.9. The van der Waals surface area contributed by atoms with Crippen LogP contribution in [0.15, 0.2) is 24.3 Å². The Bertz CT molecular complexity index is 444. The smallest absolute Gasteiger partial charge is 0.246 e. The molecule has 1 atom stereocenters. The summed E-state index contributed by atoms with van der Waals surface area (Å²) in [6.07, 6.45) is 0. The summed E-state index contributed by atoms with van der Waals surface area (Å²) >= 11 is 0. The van der Waals surface area contributed by atoms with Crippen molar-refractivity contribution < 1.29 is 14.3 Å². The van der Waals surface area contributed by atoms with Gasteiger partial charge in [-0.2, -0.15) is 0 Å². The number of para-hydroxylation sites is 2. The van der Waals surface area contributed by atoms with Crippen LogP contribution in [0.1, 0.15) is 0 Å². The van der Waals surface area contributed by atoms with E-state index in [1.54, 1.807) is 4.90 Å². The lowest BCUT2D eigenvalue weighted by atomic mass is 10.2. The molecule has 1 aromatic carbocycles. The van der Waals surface area contributed by atoms with E-state index in [4.69, 9.17) is 9.47 Å². The van der Waals surface area contributed by atoms with Crippen molar-refractivity contribution in [1.29, 1.82) is 0 Å². The van der Waals surface area contributed by atoms with Crippen LogP contribution < -0.4 is 15.0 Å². The number of hydrogen-bond acceptors (Lipinski definition) is 4. The molecule has 0 bridgehead atoms. The van der Waals surface area contributed by atoms with Gasteiger partial charge in [-0.25, -0.2) is 0 Å². The minimum absolute atomic E-state index is 0.0606. The molecule has 2 aliphatic rings. The SMILES string of the molecule is O=C(C1COCCN1)N1CCOc2ccccc21. The maximum absolute atomic E-state index is 12.4. The molecule has 1 aromatic rings. The Labute approximate surface area is 106 Å². The third-order valence-electron chi connectivity index (χ3n) is 3.21. The lowest BCUT2D eigenvalue weighted by Crippen LogP contribution is -2.54. The van der Waals surface area contributed by atoms with Crippen LogP contribution in [0.5, 0.6) is 5.75 Å². The monoisotopic (exact) mass is 248 g/mol. The van der Waals surface area contributed by atoms with E-state index in [-0.39, 0.29) is 11.9 Å². The molecule has 1 saturated heterocycles. The van der Waals surface area contributed by atoms with Gasteiger partial charge in [-0.15, -0.1) is 0 Å². The number of anilines is 1. The Morgan fingerprint density at radius 3 is 3.06 bits per heavy atom. The normalized spacial score (nSPS) is 23.1. The van der Waals surface area contributed by atoms with Gasteiger partial charge in [0, 0.05) is 6.54 Å². The standard InChI is InChI=1S/C13H16N2O3/c16-13(10-9-17-7-5-14-10)15-6-8-18-12-4-2-1-3-11(12)15/h1-4,10,14H,5-9H2. The van der Waals surface area contributed by atoms with Gasteiger partial charge in [0.05, 0.1) is 25.4 Å². The molecule has 18 heavy (non-hydrogen) atoms. The fourth-order valence-electron chi connectivity index (χ4n) is 2.31. The molecule has 5 heteroatoms. The first-order valence-electron chi connectivity index (χ1n) is 6.20. The van der Waals surface area contributed by atoms with Gasteiger partial charge in [0.1, 0.15) is 18.4 Å². The predicted octanol–water partition coefficient (Wildman–Crippen LogP) is 0.400. The molecule has 0 aromatic heterocycles. The molecule has 0 spiro atoms. The van der Waals surface area contributed by atoms with Crippen molar-refractivity contribution in [3.63, 3.8) is 0 Å². The van der Waals surface area contributed by atoms with E-state index in [0.717, 1.165) is 18.0 Å². The highest BCUT2D eigenvalue weighted by Gasteiger charge is 2.30. The summed E-state index contributed by atoms with van der Waals surface area (Å²) in [7, 11) is 0. The summed E-state index contributed by atoms with van der Waals surface area (Å²) in [5, 5.41) is 3.19. The third kappa shape index (κ3) is 2.07. The number of rotatable bonds is 1. The van der Waals surface area contributed by atoms with Crippen molar-refractivity contribution in [2.24, 2.45) is 0 Å². The second kappa shape index (κ2) is 4.96. The van der Waals surface area contributed by atoms with E-state index >= 15 is 0 Å². The zero-order valence-corrected chi connectivity index (χ0v) is 10.1. The predicted molar refractivity (Wildman–Crippen MR) is 66.9 cm³/mol. The number of carbonyl (C=O) groups is 1. The van der Waals surface area contributed by atoms with Gasteiger partial charge in [-0.05, 0) is 12.1 Å². The summed E-state index contributed by atoms with van der Waals surface area (Å²) in [4.78, 5) is 14.2. The van der Waals surface area contributed by atoms with Crippen LogP contribution in [0, 0.1) is 0 Å². The van der Waals surface area contributed by atoms with Crippen LogP contribution in [0.4, 0.5) is 5.69 Å². The maximum atomic E-state index is 12.4. The topological polar surface area (TPSA) is 50.8 Å². The van der Waals surface area contributed by atoms with Gasteiger partial charge >= 0.3 is 0 Å². The van der Waals surface area contributed by atoms with E-state index in [9.17, 15) is 4.79 Å². The molecular formula is C13H16N2O3. The number of benzene rings is 1. The number of fused-ring (bicyclic) bond motifs is 1.